The molecule has 1 fully saturated rings. The average Bonchev–Trinajstić information content (AvgIpc) is 3.18. The second-order valence-electron chi connectivity index (χ2n) is 5.83. The Hall–Kier alpha value is -2.60. The molecular formula is C19H22N2O4. The molecule has 1 aromatic heterocycles. The lowest BCUT2D eigenvalue weighted by Crippen LogP contribution is -2.23. The predicted molar refractivity (Wildman–Crippen MR) is 92.9 cm³/mol. The Balaban J connectivity index is 1.51. The third-order valence-corrected chi connectivity index (χ3v) is 4.07. The maximum Gasteiger partial charge on any atom is 0.253 e. The number of benzene rings is 1. The summed E-state index contributed by atoms with van der Waals surface area (Å²) in [7, 11) is 1.61. The van der Waals surface area contributed by atoms with Gasteiger partial charge in [-0.05, 0) is 25.0 Å². The van der Waals surface area contributed by atoms with E-state index < -0.39 is 0 Å². The monoisotopic (exact) mass is 342 g/mol. The Bertz CT molecular complexity index is 697. The van der Waals surface area contributed by atoms with E-state index in [2.05, 4.69) is 10.3 Å². The van der Waals surface area contributed by atoms with Crippen LogP contribution < -0.4 is 14.8 Å². The lowest BCUT2D eigenvalue weighted by Gasteiger charge is -2.11. The molecular weight excluding hydrogens is 320 g/mol. The highest BCUT2D eigenvalue weighted by Crippen LogP contribution is 2.17. The second kappa shape index (κ2) is 8.48. The van der Waals surface area contributed by atoms with Crippen molar-refractivity contribution in [1.82, 2.24) is 10.3 Å². The Morgan fingerprint density at radius 1 is 1.32 bits per heavy atom. The molecule has 3 rings (SSSR count). The van der Waals surface area contributed by atoms with Crippen LogP contribution in [-0.4, -0.2) is 37.3 Å². The Morgan fingerprint density at radius 3 is 2.92 bits per heavy atom. The van der Waals surface area contributed by atoms with Crippen molar-refractivity contribution in [3.05, 3.63) is 53.7 Å². The maximum atomic E-state index is 12.2. The van der Waals surface area contributed by atoms with Crippen molar-refractivity contribution >= 4 is 5.91 Å². The first kappa shape index (κ1) is 17.2. The molecule has 1 aromatic carbocycles. The molecule has 2 heterocycles. The summed E-state index contributed by atoms with van der Waals surface area (Å²) in [6.07, 6.45) is 3.75. The van der Waals surface area contributed by atoms with Gasteiger partial charge in [0.15, 0.2) is 0 Å². The van der Waals surface area contributed by atoms with E-state index in [1.165, 1.54) is 6.20 Å². The summed E-state index contributed by atoms with van der Waals surface area (Å²) < 4.78 is 16.4. The molecule has 6 heteroatoms. The molecule has 1 amide bonds. The zero-order chi connectivity index (χ0) is 17.5. The summed E-state index contributed by atoms with van der Waals surface area (Å²) in [6, 6.07) is 11.0. The van der Waals surface area contributed by atoms with Gasteiger partial charge in [0.05, 0.1) is 18.8 Å². The summed E-state index contributed by atoms with van der Waals surface area (Å²) in [6.45, 7) is 1.68. The van der Waals surface area contributed by atoms with Gasteiger partial charge < -0.3 is 19.5 Å². The zero-order valence-electron chi connectivity index (χ0n) is 14.2. The number of amides is 1. The van der Waals surface area contributed by atoms with E-state index >= 15 is 0 Å². The van der Waals surface area contributed by atoms with Crippen LogP contribution in [0.4, 0.5) is 0 Å². The van der Waals surface area contributed by atoms with Crippen LogP contribution >= 0.6 is 0 Å². The van der Waals surface area contributed by atoms with Crippen molar-refractivity contribution in [3.63, 3.8) is 0 Å². The van der Waals surface area contributed by atoms with Gasteiger partial charge in [-0.1, -0.05) is 18.2 Å². The molecule has 1 atom stereocenters. The van der Waals surface area contributed by atoms with E-state index in [4.69, 9.17) is 14.2 Å². The Morgan fingerprint density at radius 2 is 2.20 bits per heavy atom. The fraction of sp³-hybridized carbons (Fsp3) is 0.368. The second-order valence-corrected chi connectivity index (χ2v) is 5.83. The molecule has 0 saturated carbocycles. The molecule has 0 aliphatic carbocycles. The molecule has 132 valence electrons. The summed E-state index contributed by atoms with van der Waals surface area (Å²) in [4.78, 5) is 16.4. The fourth-order valence-corrected chi connectivity index (χ4v) is 2.68. The van der Waals surface area contributed by atoms with Crippen molar-refractivity contribution in [2.24, 2.45) is 0 Å². The minimum Gasteiger partial charge on any atom is -0.496 e. The third-order valence-electron chi connectivity index (χ3n) is 4.07. The molecule has 1 aliphatic heterocycles. The van der Waals surface area contributed by atoms with Gasteiger partial charge in [-0.3, -0.25) is 4.79 Å². The molecule has 0 bridgehead atoms. The SMILES string of the molecule is COc1ccccc1CNC(=O)c1ccc(OC[C@H]2CCCO2)nc1. The summed E-state index contributed by atoms with van der Waals surface area (Å²) in [5.74, 6) is 1.06. The minimum atomic E-state index is -0.191. The Kier molecular flexibility index (Phi) is 5.85. The molecule has 6 nitrogen and oxygen atoms in total. The number of hydrogen-bond acceptors (Lipinski definition) is 5. The number of ether oxygens (including phenoxy) is 3. The van der Waals surface area contributed by atoms with Gasteiger partial charge in [-0.25, -0.2) is 4.98 Å². The quantitative estimate of drug-likeness (QED) is 0.837. The first-order valence-electron chi connectivity index (χ1n) is 8.37. The van der Waals surface area contributed by atoms with Crippen molar-refractivity contribution in [2.75, 3.05) is 20.3 Å². The smallest absolute Gasteiger partial charge is 0.253 e. The number of aromatic nitrogens is 1. The van der Waals surface area contributed by atoms with Crippen LogP contribution in [0.25, 0.3) is 0 Å². The molecule has 1 N–H and O–H groups in total. The predicted octanol–water partition coefficient (Wildman–Crippen LogP) is 2.58. The molecule has 1 aliphatic rings. The first-order chi connectivity index (χ1) is 12.3. The molecule has 2 aromatic rings. The summed E-state index contributed by atoms with van der Waals surface area (Å²) >= 11 is 0. The van der Waals surface area contributed by atoms with E-state index in [9.17, 15) is 4.79 Å². The van der Waals surface area contributed by atoms with Crippen LogP contribution in [0, 0.1) is 0 Å². The van der Waals surface area contributed by atoms with E-state index in [-0.39, 0.29) is 12.0 Å². The standard InChI is InChI=1S/C19H22N2O4/c1-23-17-7-3-2-5-14(17)11-21-19(22)15-8-9-18(20-12-15)25-13-16-6-4-10-24-16/h2-3,5,7-9,12,16H,4,6,10-11,13H2,1H3,(H,21,22)/t16-/m1/s1. The maximum absolute atomic E-state index is 12.2. The van der Waals surface area contributed by atoms with Crippen LogP contribution in [0.1, 0.15) is 28.8 Å². The van der Waals surface area contributed by atoms with Crippen LogP contribution in [0.2, 0.25) is 0 Å². The molecule has 0 unspecified atom stereocenters. The first-order valence-corrected chi connectivity index (χ1v) is 8.37. The van der Waals surface area contributed by atoms with Crippen LogP contribution in [0.15, 0.2) is 42.6 Å². The van der Waals surface area contributed by atoms with Gasteiger partial charge in [0, 0.05) is 31.0 Å². The third kappa shape index (κ3) is 4.70. The summed E-state index contributed by atoms with van der Waals surface area (Å²) in [5.41, 5.74) is 1.40. The topological polar surface area (TPSA) is 69.7 Å². The average molecular weight is 342 g/mol. The van der Waals surface area contributed by atoms with Crippen molar-refractivity contribution in [2.45, 2.75) is 25.5 Å². The normalized spacial score (nSPS) is 16.4. The van der Waals surface area contributed by atoms with Gasteiger partial charge in [0.1, 0.15) is 12.4 Å². The zero-order valence-corrected chi connectivity index (χ0v) is 14.2. The summed E-state index contributed by atoms with van der Waals surface area (Å²) in [5, 5.41) is 2.87. The number of nitrogens with zero attached hydrogens (tertiary/aromatic N) is 1. The van der Waals surface area contributed by atoms with Crippen molar-refractivity contribution in [1.29, 1.82) is 0 Å². The lowest BCUT2D eigenvalue weighted by molar-refractivity contribution is 0.0663. The molecule has 0 spiro atoms. The van der Waals surface area contributed by atoms with E-state index in [0.717, 1.165) is 30.8 Å². The lowest BCUT2D eigenvalue weighted by atomic mass is 10.2. The van der Waals surface area contributed by atoms with Gasteiger partial charge >= 0.3 is 0 Å². The Labute approximate surface area is 147 Å². The number of para-hydroxylation sites is 1. The number of rotatable bonds is 7. The highest BCUT2D eigenvalue weighted by atomic mass is 16.5. The van der Waals surface area contributed by atoms with Crippen LogP contribution in [-0.2, 0) is 11.3 Å². The van der Waals surface area contributed by atoms with Crippen LogP contribution in [0.5, 0.6) is 11.6 Å². The molecule has 1 saturated heterocycles. The van der Waals surface area contributed by atoms with E-state index in [0.29, 0.717) is 24.6 Å². The number of carbonyl (C=O) groups excluding carboxylic acids is 1. The highest BCUT2D eigenvalue weighted by Gasteiger charge is 2.16. The van der Waals surface area contributed by atoms with Gasteiger partial charge in [-0.15, -0.1) is 0 Å². The number of carbonyl (C=O) groups is 1. The van der Waals surface area contributed by atoms with Crippen LogP contribution in [0.3, 0.4) is 0 Å². The molecule has 25 heavy (non-hydrogen) atoms. The fourth-order valence-electron chi connectivity index (χ4n) is 2.68. The van der Waals surface area contributed by atoms with E-state index in [1.807, 2.05) is 24.3 Å². The minimum absolute atomic E-state index is 0.144. The van der Waals surface area contributed by atoms with E-state index in [1.54, 1.807) is 19.2 Å². The van der Waals surface area contributed by atoms with Crippen molar-refractivity contribution < 1.29 is 19.0 Å². The number of nitrogens with one attached hydrogen (secondary N) is 1. The van der Waals surface area contributed by atoms with Gasteiger partial charge in [0.25, 0.3) is 5.91 Å². The number of pyridine rings is 1. The highest BCUT2D eigenvalue weighted by molar-refractivity contribution is 5.93. The largest absolute Gasteiger partial charge is 0.496 e. The van der Waals surface area contributed by atoms with Crippen molar-refractivity contribution in [3.8, 4) is 11.6 Å². The number of hydrogen-bond donors (Lipinski definition) is 1. The van der Waals surface area contributed by atoms with Gasteiger partial charge in [-0.2, -0.15) is 0 Å². The van der Waals surface area contributed by atoms with Gasteiger partial charge in [0.2, 0.25) is 5.88 Å². The molecule has 0 radical (unpaired) electrons. The number of methoxy groups -OCH3 is 1.